The van der Waals surface area contributed by atoms with Gasteiger partial charge in [-0.05, 0) is 48.5 Å². The van der Waals surface area contributed by atoms with E-state index in [4.69, 9.17) is 0 Å². The van der Waals surface area contributed by atoms with Gasteiger partial charge >= 0.3 is 5.95 Å². The van der Waals surface area contributed by atoms with E-state index in [1.165, 1.54) is 12.1 Å². The minimum atomic E-state index is -0.250. The number of nitrogens with zero attached hydrogens (tertiary/aromatic N) is 4. The SMILES string of the molecule is Cn1cc[n+](C)c1/N=N/c1ccc(Nc2ccc(F)cc2)cc1. The summed E-state index contributed by atoms with van der Waals surface area (Å²) < 4.78 is 16.7. The van der Waals surface area contributed by atoms with Gasteiger partial charge in [0, 0.05) is 16.5 Å². The third-order valence-electron chi connectivity index (χ3n) is 3.40. The van der Waals surface area contributed by atoms with Gasteiger partial charge in [0.05, 0.1) is 26.5 Å². The standard InChI is InChI=1S/C17H16FN5/c1-22-11-12-23(2)17(22)21-20-16-9-7-15(8-10-16)19-14-5-3-13(18)4-6-14/h3-12H,1-2H3/p+1. The highest BCUT2D eigenvalue weighted by Crippen LogP contribution is 2.21. The Labute approximate surface area is 133 Å². The van der Waals surface area contributed by atoms with Gasteiger partial charge in [-0.15, -0.1) is 0 Å². The molecule has 23 heavy (non-hydrogen) atoms. The molecule has 0 aliphatic heterocycles. The van der Waals surface area contributed by atoms with Crippen molar-refractivity contribution in [1.29, 1.82) is 0 Å². The average molecular weight is 310 g/mol. The zero-order chi connectivity index (χ0) is 16.2. The highest BCUT2D eigenvalue weighted by molar-refractivity contribution is 5.61. The fourth-order valence-electron chi connectivity index (χ4n) is 2.14. The molecule has 6 heteroatoms. The second kappa shape index (κ2) is 6.39. The monoisotopic (exact) mass is 310 g/mol. The van der Waals surface area contributed by atoms with Gasteiger partial charge < -0.3 is 5.32 Å². The Morgan fingerprint density at radius 2 is 1.57 bits per heavy atom. The Hall–Kier alpha value is -3.02. The Bertz CT molecular complexity index is 800. The highest BCUT2D eigenvalue weighted by Gasteiger charge is 2.10. The van der Waals surface area contributed by atoms with Crippen LogP contribution in [0.5, 0.6) is 0 Å². The van der Waals surface area contributed by atoms with Crippen molar-refractivity contribution >= 4 is 23.0 Å². The van der Waals surface area contributed by atoms with Crippen LogP contribution in [0.2, 0.25) is 0 Å². The molecule has 0 unspecified atom stereocenters. The summed E-state index contributed by atoms with van der Waals surface area (Å²) in [6.07, 6.45) is 3.84. The maximum Gasteiger partial charge on any atom is 0.421 e. The molecule has 0 atom stereocenters. The minimum Gasteiger partial charge on any atom is -0.356 e. The first kappa shape index (κ1) is 14.9. The van der Waals surface area contributed by atoms with Crippen LogP contribution in [0.4, 0.5) is 27.4 Å². The van der Waals surface area contributed by atoms with Crippen molar-refractivity contribution in [3.63, 3.8) is 0 Å². The lowest BCUT2D eigenvalue weighted by molar-refractivity contribution is -0.657. The van der Waals surface area contributed by atoms with Crippen molar-refractivity contribution in [3.05, 3.63) is 66.7 Å². The van der Waals surface area contributed by atoms with Crippen molar-refractivity contribution < 1.29 is 8.96 Å². The predicted molar refractivity (Wildman–Crippen MR) is 86.9 cm³/mol. The Balaban J connectivity index is 1.71. The molecule has 3 rings (SSSR count). The molecule has 1 aromatic heterocycles. The molecule has 0 bridgehead atoms. The molecule has 1 heterocycles. The number of halogens is 1. The number of hydrogen-bond acceptors (Lipinski definition) is 3. The molecule has 0 amide bonds. The van der Waals surface area contributed by atoms with Gasteiger partial charge in [0.2, 0.25) is 0 Å². The van der Waals surface area contributed by atoms with Crippen LogP contribution in [0.3, 0.4) is 0 Å². The van der Waals surface area contributed by atoms with E-state index < -0.39 is 0 Å². The summed E-state index contributed by atoms with van der Waals surface area (Å²) >= 11 is 0. The van der Waals surface area contributed by atoms with E-state index in [0.29, 0.717) is 0 Å². The number of aryl methyl sites for hydroxylation is 2. The maximum absolute atomic E-state index is 12.9. The van der Waals surface area contributed by atoms with Gasteiger partial charge in [-0.25, -0.2) is 13.5 Å². The topological polar surface area (TPSA) is 45.6 Å². The van der Waals surface area contributed by atoms with Crippen LogP contribution >= 0.6 is 0 Å². The van der Waals surface area contributed by atoms with E-state index in [9.17, 15) is 4.39 Å². The number of hydrogen-bond donors (Lipinski definition) is 1. The summed E-state index contributed by atoms with van der Waals surface area (Å²) in [6.45, 7) is 0. The molecule has 0 saturated carbocycles. The molecule has 0 saturated heterocycles. The van der Waals surface area contributed by atoms with Gasteiger partial charge in [-0.1, -0.05) is 5.11 Å². The number of benzene rings is 2. The molecule has 2 aromatic carbocycles. The van der Waals surface area contributed by atoms with Crippen LogP contribution in [-0.2, 0) is 14.1 Å². The first-order valence-electron chi connectivity index (χ1n) is 7.17. The molecule has 1 N–H and O–H groups in total. The summed E-state index contributed by atoms with van der Waals surface area (Å²) in [4.78, 5) is 0. The number of imidazole rings is 1. The molecule has 5 nitrogen and oxygen atoms in total. The predicted octanol–water partition coefficient (Wildman–Crippen LogP) is 4.15. The van der Waals surface area contributed by atoms with Crippen LogP contribution in [0, 0.1) is 5.82 Å². The third-order valence-corrected chi connectivity index (χ3v) is 3.40. The summed E-state index contributed by atoms with van der Waals surface area (Å²) in [5, 5.41) is 11.7. The average Bonchev–Trinajstić information content (AvgIpc) is 2.88. The van der Waals surface area contributed by atoms with E-state index in [0.717, 1.165) is 23.0 Å². The Kier molecular flexibility index (Phi) is 4.14. The lowest BCUT2D eigenvalue weighted by Gasteiger charge is -2.05. The number of rotatable bonds is 4. The van der Waals surface area contributed by atoms with Gasteiger partial charge in [0.1, 0.15) is 11.5 Å². The zero-order valence-electron chi connectivity index (χ0n) is 12.9. The summed E-state index contributed by atoms with van der Waals surface area (Å²) in [5.41, 5.74) is 2.49. The van der Waals surface area contributed by atoms with E-state index in [-0.39, 0.29) is 5.82 Å². The summed E-state index contributed by atoms with van der Waals surface area (Å²) in [7, 11) is 3.84. The molecule has 0 aliphatic rings. The van der Waals surface area contributed by atoms with Gasteiger partial charge in [-0.3, -0.25) is 0 Å². The first-order chi connectivity index (χ1) is 11.1. The lowest BCUT2D eigenvalue weighted by atomic mass is 10.2. The quantitative estimate of drug-likeness (QED) is 0.571. The zero-order valence-corrected chi connectivity index (χ0v) is 12.9. The molecule has 3 aromatic rings. The fraction of sp³-hybridized carbons (Fsp3) is 0.118. The summed E-state index contributed by atoms with van der Waals surface area (Å²) in [5.74, 6) is 0.513. The Morgan fingerprint density at radius 3 is 2.13 bits per heavy atom. The van der Waals surface area contributed by atoms with Crippen LogP contribution in [0.15, 0.2) is 71.2 Å². The van der Waals surface area contributed by atoms with E-state index >= 15 is 0 Å². The number of azo groups is 1. The maximum atomic E-state index is 12.9. The van der Waals surface area contributed by atoms with Crippen molar-refractivity contribution in [2.45, 2.75) is 0 Å². The van der Waals surface area contributed by atoms with Crippen LogP contribution in [0.25, 0.3) is 0 Å². The lowest BCUT2D eigenvalue weighted by Crippen LogP contribution is -2.25. The van der Waals surface area contributed by atoms with Crippen molar-refractivity contribution in [3.8, 4) is 0 Å². The number of anilines is 2. The van der Waals surface area contributed by atoms with Gasteiger partial charge in [0.15, 0.2) is 0 Å². The van der Waals surface area contributed by atoms with Crippen LogP contribution in [0.1, 0.15) is 0 Å². The second-order valence-corrected chi connectivity index (χ2v) is 5.20. The third kappa shape index (κ3) is 3.60. The van der Waals surface area contributed by atoms with Gasteiger partial charge in [-0.2, -0.15) is 0 Å². The van der Waals surface area contributed by atoms with Crippen LogP contribution in [-0.4, -0.2) is 4.57 Å². The van der Waals surface area contributed by atoms with Gasteiger partial charge in [0.25, 0.3) is 0 Å². The molecule has 0 spiro atoms. The summed E-state index contributed by atoms with van der Waals surface area (Å²) in [6, 6.07) is 13.8. The fourth-order valence-corrected chi connectivity index (χ4v) is 2.14. The highest BCUT2D eigenvalue weighted by atomic mass is 19.1. The van der Waals surface area contributed by atoms with E-state index in [2.05, 4.69) is 15.5 Å². The van der Waals surface area contributed by atoms with Crippen LogP contribution < -0.4 is 9.88 Å². The first-order valence-corrected chi connectivity index (χ1v) is 7.17. The van der Waals surface area contributed by atoms with Crippen molar-refractivity contribution in [1.82, 2.24) is 4.57 Å². The molecule has 0 aliphatic carbocycles. The normalized spacial score (nSPS) is 11.1. The second-order valence-electron chi connectivity index (χ2n) is 5.20. The Morgan fingerprint density at radius 1 is 0.957 bits per heavy atom. The van der Waals surface area contributed by atoms with E-state index in [1.54, 1.807) is 12.1 Å². The number of nitrogens with one attached hydrogen (secondary N) is 1. The largest absolute Gasteiger partial charge is 0.421 e. The molecule has 116 valence electrons. The number of aromatic nitrogens is 2. The molecule has 0 radical (unpaired) electrons. The molecular weight excluding hydrogens is 293 g/mol. The minimum absolute atomic E-state index is 0.250. The van der Waals surface area contributed by atoms with Crippen molar-refractivity contribution in [2.24, 2.45) is 24.3 Å². The van der Waals surface area contributed by atoms with Crippen molar-refractivity contribution in [2.75, 3.05) is 5.32 Å². The van der Waals surface area contributed by atoms with E-state index in [1.807, 2.05) is 59.9 Å². The molecule has 0 fully saturated rings. The molecular formula is C17H17FN5+. The smallest absolute Gasteiger partial charge is 0.356 e.